The zero-order valence-electron chi connectivity index (χ0n) is 16.9. The third kappa shape index (κ3) is 5.12. The maximum atomic E-state index is 12.8. The third-order valence-corrected chi connectivity index (χ3v) is 7.08. The Hall–Kier alpha value is -3.11. The average molecular weight is 554 g/mol. The molecule has 1 aliphatic rings. The van der Waals surface area contributed by atoms with Gasteiger partial charge in [0.15, 0.2) is 17.2 Å². The summed E-state index contributed by atoms with van der Waals surface area (Å²) in [5.74, 6) is 1.02. The van der Waals surface area contributed by atoms with Crippen molar-refractivity contribution in [2.45, 2.75) is 5.75 Å². The van der Waals surface area contributed by atoms with E-state index in [2.05, 4.69) is 56.7 Å². The van der Waals surface area contributed by atoms with Crippen molar-refractivity contribution in [3.63, 3.8) is 0 Å². The summed E-state index contributed by atoms with van der Waals surface area (Å²) in [7, 11) is 1.43. The second-order valence-electron chi connectivity index (χ2n) is 6.31. The summed E-state index contributed by atoms with van der Waals surface area (Å²) in [5, 5.41) is 29.1. The molecule has 0 radical (unpaired) electrons. The Morgan fingerprint density at radius 3 is 3.06 bits per heavy atom. The predicted molar refractivity (Wildman–Crippen MR) is 127 cm³/mol. The first-order valence-corrected chi connectivity index (χ1v) is 12.0. The Morgan fingerprint density at radius 1 is 1.52 bits per heavy atom. The normalized spacial score (nSPS) is 13.5. The molecule has 3 aromatic rings. The molecule has 2 aromatic heterocycles. The lowest BCUT2D eigenvalue weighted by atomic mass is 10.2. The number of nitrogen functional groups attached to an aromatic ring is 1. The number of thioether (sulfide) groups is 2. The van der Waals surface area contributed by atoms with Gasteiger partial charge in [-0.3, -0.25) is 9.79 Å². The van der Waals surface area contributed by atoms with E-state index in [1.807, 2.05) is 0 Å². The van der Waals surface area contributed by atoms with Crippen molar-refractivity contribution in [1.82, 2.24) is 30.7 Å². The van der Waals surface area contributed by atoms with Crippen LogP contribution in [0.2, 0.25) is 0 Å². The number of nitrogens with zero attached hydrogens (tertiary/aromatic N) is 7. The summed E-state index contributed by atoms with van der Waals surface area (Å²) >= 11 is 6.32. The number of aromatic hydroxyl groups is 1. The SMILES string of the molecule is COc1cc(/C=N/NC(=O)c2nnn(-c3nonc3N)c2CSC2=NCCS2)cc(Br)c1O. The smallest absolute Gasteiger partial charge is 0.293 e. The van der Waals surface area contributed by atoms with Crippen LogP contribution in [0.1, 0.15) is 21.7 Å². The van der Waals surface area contributed by atoms with Crippen LogP contribution >= 0.6 is 39.5 Å². The molecule has 0 bridgehead atoms. The number of ether oxygens (including phenoxy) is 1. The van der Waals surface area contributed by atoms with Crippen molar-refractivity contribution in [3.8, 4) is 17.3 Å². The Kier molecular flexibility index (Phi) is 7.14. The van der Waals surface area contributed by atoms with Gasteiger partial charge >= 0.3 is 0 Å². The van der Waals surface area contributed by atoms with E-state index < -0.39 is 5.91 Å². The summed E-state index contributed by atoms with van der Waals surface area (Å²) in [4.78, 5) is 17.2. The summed E-state index contributed by atoms with van der Waals surface area (Å²) < 4.78 is 12.4. The first-order chi connectivity index (χ1) is 16.0. The zero-order valence-corrected chi connectivity index (χ0v) is 20.1. The van der Waals surface area contributed by atoms with Crippen LogP contribution in [0.3, 0.4) is 0 Å². The molecule has 33 heavy (non-hydrogen) atoms. The number of carbonyl (C=O) groups is 1. The van der Waals surface area contributed by atoms with Gasteiger partial charge in [0.2, 0.25) is 11.6 Å². The molecular formula is C17H16BrN9O4S2. The number of benzene rings is 1. The van der Waals surface area contributed by atoms with Crippen molar-refractivity contribution in [2.75, 3.05) is 25.1 Å². The van der Waals surface area contributed by atoms with Gasteiger partial charge < -0.3 is 15.6 Å². The van der Waals surface area contributed by atoms with Crippen molar-refractivity contribution < 1.29 is 19.3 Å². The van der Waals surface area contributed by atoms with Gasteiger partial charge in [0.25, 0.3) is 5.91 Å². The number of nitrogens with two attached hydrogens (primary N) is 1. The maximum absolute atomic E-state index is 12.8. The fourth-order valence-electron chi connectivity index (χ4n) is 2.69. The Bertz CT molecular complexity index is 1240. The molecule has 0 saturated heterocycles. The zero-order chi connectivity index (χ0) is 23.4. The number of methoxy groups -OCH3 is 1. The van der Waals surface area contributed by atoms with Gasteiger partial charge in [0.1, 0.15) is 4.38 Å². The van der Waals surface area contributed by atoms with E-state index in [9.17, 15) is 9.90 Å². The highest BCUT2D eigenvalue weighted by Crippen LogP contribution is 2.34. The van der Waals surface area contributed by atoms with Crippen LogP contribution in [-0.4, -0.2) is 66.3 Å². The number of halogens is 1. The monoisotopic (exact) mass is 553 g/mol. The molecule has 0 fully saturated rings. The second kappa shape index (κ2) is 10.2. The number of carbonyl (C=O) groups excluding carboxylic acids is 1. The van der Waals surface area contributed by atoms with Gasteiger partial charge in [0, 0.05) is 11.5 Å². The molecule has 1 amide bonds. The van der Waals surface area contributed by atoms with Gasteiger partial charge in [-0.15, -0.1) is 5.10 Å². The van der Waals surface area contributed by atoms with Crippen molar-refractivity contribution in [3.05, 3.63) is 33.6 Å². The molecule has 4 rings (SSSR count). The molecule has 0 unspecified atom stereocenters. The summed E-state index contributed by atoms with van der Waals surface area (Å²) in [6.45, 7) is 0.755. The molecule has 0 atom stereocenters. The quantitative estimate of drug-likeness (QED) is 0.286. The number of aliphatic imine (C=N–C) groups is 1. The number of nitrogens with one attached hydrogen (secondary N) is 1. The van der Waals surface area contributed by atoms with Gasteiger partial charge in [-0.25, -0.2) is 10.1 Å². The van der Waals surface area contributed by atoms with Crippen molar-refractivity contribution in [2.24, 2.45) is 10.1 Å². The van der Waals surface area contributed by atoms with Gasteiger partial charge in [-0.2, -0.15) is 9.78 Å². The molecule has 13 nitrogen and oxygen atoms in total. The number of amides is 1. The molecule has 0 aliphatic carbocycles. The minimum Gasteiger partial charge on any atom is -0.503 e. The van der Waals surface area contributed by atoms with Crippen LogP contribution < -0.4 is 15.9 Å². The Balaban J connectivity index is 1.55. The van der Waals surface area contributed by atoms with Crippen LogP contribution in [0.15, 0.2) is 31.3 Å². The molecule has 3 heterocycles. The topological polar surface area (TPSA) is 179 Å². The highest BCUT2D eigenvalue weighted by molar-refractivity contribution is 9.10. The predicted octanol–water partition coefficient (Wildman–Crippen LogP) is 1.81. The molecule has 0 saturated carbocycles. The number of hydrogen-bond acceptors (Lipinski definition) is 13. The van der Waals surface area contributed by atoms with Crippen LogP contribution in [0.25, 0.3) is 5.82 Å². The lowest BCUT2D eigenvalue weighted by Crippen LogP contribution is -2.20. The summed E-state index contributed by atoms with van der Waals surface area (Å²) in [5.41, 5.74) is 9.26. The molecule has 1 aliphatic heterocycles. The van der Waals surface area contributed by atoms with E-state index in [4.69, 9.17) is 10.5 Å². The van der Waals surface area contributed by atoms with E-state index in [1.54, 1.807) is 23.9 Å². The van der Waals surface area contributed by atoms with Gasteiger partial charge in [0.05, 0.1) is 30.0 Å². The summed E-state index contributed by atoms with van der Waals surface area (Å²) in [6.07, 6.45) is 1.40. The first-order valence-electron chi connectivity index (χ1n) is 9.21. The number of phenolic OH excluding ortho intramolecular Hbond substituents is 1. The number of anilines is 1. The number of phenols is 1. The molecule has 0 spiro atoms. The van der Waals surface area contributed by atoms with Crippen LogP contribution in [0.5, 0.6) is 11.5 Å². The van der Waals surface area contributed by atoms with Gasteiger partial charge in [-0.05, 0) is 43.9 Å². The minimum absolute atomic E-state index is 0.00978. The molecule has 1 aromatic carbocycles. The number of rotatable bonds is 7. The molecule has 172 valence electrons. The van der Waals surface area contributed by atoms with E-state index in [0.717, 1.165) is 16.7 Å². The number of hydrogen-bond donors (Lipinski definition) is 3. The fraction of sp³-hybridized carbons (Fsp3) is 0.235. The van der Waals surface area contributed by atoms with E-state index in [1.165, 1.54) is 29.8 Å². The number of hydrazone groups is 1. The van der Waals surface area contributed by atoms with Gasteiger partial charge in [-0.1, -0.05) is 28.7 Å². The van der Waals surface area contributed by atoms with E-state index in [0.29, 0.717) is 21.5 Å². The molecule has 4 N–H and O–H groups in total. The standard InChI is InChI=1S/C17H16BrN9O4S2/c1-30-11-5-8(4-9(18)13(11)28)6-21-23-16(29)12-10(7-33-17-20-2-3-32-17)27(26-22-12)15-14(19)24-31-25-15/h4-6,28H,2-3,7H2,1H3,(H2,19,24)(H,23,29)/b21-6+. The van der Waals surface area contributed by atoms with Crippen LogP contribution in [-0.2, 0) is 5.75 Å². The highest BCUT2D eigenvalue weighted by Gasteiger charge is 2.24. The van der Waals surface area contributed by atoms with E-state index in [-0.39, 0.29) is 28.8 Å². The highest BCUT2D eigenvalue weighted by atomic mass is 79.9. The van der Waals surface area contributed by atoms with Crippen molar-refractivity contribution in [1.29, 1.82) is 0 Å². The maximum Gasteiger partial charge on any atom is 0.293 e. The first kappa shape index (κ1) is 23.1. The summed E-state index contributed by atoms with van der Waals surface area (Å²) in [6, 6.07) is 3.18. The number of aromatic nitrogens is 5. The Labute approximate surface area is 203 Å². The largest absolute Gasteiger partial charge is 0.503 e. The lowest BCUT2D eigenvalue weighted by molar-refractivity contribution is 0.0949. The Morgan fingerprint density at radius 2 is 2.36 bits per heavy atom. The average Bonchev–Trinajstić information content (AvgIpc) is 3.55. The third-order valence-electron chi connectivity index (χ3n) is 4.21. The molecular weight excluding hydrogens is 538 g/mol. The van der Waals surface area contributed by atoms with E-state index >= 15 is 0 Å². The lowest BCUT2D eigenvalue weighted by Gasteiger charge is -2.06. The second-order valence-corrected chi connectivity index (χ2v) is 9.47. The fourth-order valence-corrected chi connectivity index (χ4v) is 5.15. The van der Waals surface area contributed by atoms with Crippen molar-refractivity contribution >= 4 is 61.8 Å². The van der Waals surface area contributed by atoms with Crippen LogP contribution in [0, 0.1) is 0 Å². The minimum atomic E-state index is -0.589. The van der Waals surface area contributed by atoms with Crippen LogP contribution in [0.4, 0.5) is 5.82 Å². The molecule has 16 heteroatoms.